The van der Waals surface area contributed by atoms with E-state index in [0.29, 0.717) is 29.3 Å². The van der Waals surface area contributed by atoms with Crippen molar-refractivity contribution < 1.29 is 17.5 Å². The molecule has 0 saturated carbocycles. The summed E-state index contributed by atoms with van der Waals surface area (Å²) in [5.74, 6) is 0.586. The first-order valence-corrected chi connectivity index (χ1v) is 9.06. The Morgan fingerprint density at radius 3 is 2.56 bits per heavy atom. The molecular formula is C18H17FN2O3S. The highest BCUT2D eigenvalue weighted by molar-refractivity contribution is 8.00. The topological polar surface area (TPSA) is 67.8 Å². The molecule has 7 heteroatoms. The molecule has 130 valence electrons. The van der Waals surface area contributed by atoms with Crippen LogP contribution >= 0.6 is 0 Å². The molecule has 1 N–H and O–H groups in total. The first-order chi connectivity index (χ1) is 11.9. The second-order valence-electron chi connectivity index (χ2n) is 5.58. The van der Waals surface area contributed by atoms with Gasteiger partial charge < -0.3 is 4.74 Å². The predicted molar refractivity (Wildman–Crippen MR) is 95.2 cm³/mol. The van der Waals surface area contributed by atoms with Crippen LogP contribution in [0, 0.1) is 5.82 Å². The van der Waals surface area contributed by atoms with Crippen LogP contribution in [0.3, 0.4) is 0 Å². The summed E-state index contributed by atoms with van der Waals surface area (Å²) in [6.07, 6.45) is 0. The average Bonchev–Trinajstić information content (AvgIpc) is 2.83. The fraction of sp³-hybridized carbons (Fsp3) is 0.167. The van der Waals surface area contributed by atoms with Gasteiger partial charge in [0.05, 0.1) is 13.7 Å². The second kappa shape index (κ2) is 6.68. The van der Waals surface area contributed by atoms with Gasteiger partial charge in [0.1, 0.15) is 22.3 Å². The van der Waals surface area contributed by atoms with Crippen molar-refractivity contribution in [3.05, 3.63) is 71.0 Å². The van der Waals surface area contributed by atoms with E-state index in [0.717, 1.165) is 5.56 Å². The van der Waals surface area contributed by atoms with Crippen LogP contribution in [0.5, 0.6) is 5.75 Å². The molecule has 1 aliphatic heterocycles. The van der Waals surface area contributed by atoms with Crippen molar-refractivity contribution in [3.8, 4) is 5.75 Å². The summed E-state index contributed by atoms with van der Waals surface area (Å²) in [6.45, 7) is 1.99. The largest absolute Gasteiger partial charge is 0.497 e. The van der Waals surface area contributed by atoms with E-state index in [1.54, 1.807) is 14.0 Å². The van der Waals surface area contributed by atoms with Gasteiger partial charge in [-0.25, -0.2) is 12.8 Å². The Bertz CT molecular complexity index is 964. The van der Waals surface area contributed by atoms with Gasteiger partial charge in [-0.15, -0.1) is 0 Å². The summed E-state index contributed by atoms with van der Waals surface area (Å²) in [7, 11) is -2.14. The van der Waals surface area contributed by atoms with Crippen LogP contribution < -0.4 is 9.46 Å². The maximum Gasteiger partial charge on any atom is 0.264 e. The fourth-order valence-electron chi connectivity index (χ4n) is 2.63. The molecule has 0 amide bonds. The van der Waals surface area contributed by atoms with E-state index in [1.165, 1.54) is 24.3 Å². The van der Waals surface area contributed by atoms with Gasteiger partial charge in [0.25, 0.3) is 10.0 Å². The molecule has 0 radical (unpaired) electrons. The number of methoxy groups -OCH3 is 1. The van der Waals surface area contributed by atoms with Crippen molar-refractivity contribution in [2.75, 3.05) is 7.11 Å². The molecule has 25 heavy (non-hydrogen) atoms. The van der Waals surface area contributed by atoms with E-state index in [4.69, 9.17) is 4.74 Å². The Morgan fingerprint density at radius 2 is 1.88 bits per heavy atom. The second-order valence-corrected chi connectivity index (χ2v) is 7.20. The van der Waals surface area contributed by atoms with Crippen LogP contribution in [0.2, 0.25) is 0 Å². The number of hydrogen-bond donors (Lipinski definition) is 1. The molecule has 2 aromatic rings. The normalized spacial score (nSPS) is 17.6. The number of hydrogen-bond acceptors (Lipinski definition) is 4. The van der Waals surface area contributed by atoms with Gasteiger partial charge in [0, 0.05) is 5.57 Å². The van der Waals surface area contributed by atoms with E-state index in [-0.39, 0.29) is 4.91 Å². The van der Waals surface area contributed by atoms with Gasteiger partial charge in [0.2, 0.25) is 0 Å². The minimum Gasteiger partial charge on any atom is -0.497 e. The molecule has 1 heterocycles. The third-order valence-corrected chi connectivity index (χ3v) is 5.40. The van der Waals surface area contributed by atoms with Gasteiger partial charge in [-0.05, 0) is 42.3 Å². The van der Waals surface area contributed by atoms with Gasteiger partial charge in [-0.3, -0.25) is 9.71 Å². The molecule has 0 saturated heterocycles. The molecule has 0 aliphatic carbocycles. The highest BCUT2D eigenvalue weighted by Gasteiger charge is 2.32. The Balaban J connectivity index is 1.94. The van der Waals surface area contributed by atoms with Crippen LogP contribution in [0.4, 0.5) is 4.39 Å². The number of nitrogens with zero attached hydrogens (tertiary/aromatic N) is 1. The van der Waals surface area contributed by atoms with Crippen molar-refractivity contribution in [2.24, 2.45) is 4.99 Å². The minimum atomic E-state index is -3.72. The summed E-state index contributed by atoms with van der Waals surface area (Å²) in [4.78, 5) is 4.50. The lowest BCUT2D eigenvalue weighted by molar-refractivity contribution is 0.414. The predicted octanol–water partition coefficient (Wildman–Crippen LogP) is 3.10. The zero-order valence-corrected chi connectivity index (χ0v) is 14.6. The third kappa shape index (κ3) is 3.56. The quantitative estimate of drug-likeness (QED) is 0.911. The maximum atomic E-state index is 13.1. The standard InChI is InChI=1S/C18H17FN2O3S/c1-12-17(14-6-8-15(19)9-7-14)25(22,23)21-18(12)20-11-13-4-3-5-16(10-13)24-2/h3-10H,11H2,1-2H3,(H,20,21). The number of rotatable bonds is 4. The maximum absolute atomic E-state index is 13.1. The third-order valence-electron chi connectivity index (χ3n) is 3.86. The Kier molecular flexibility index (Phi) is 4.59. The van der Waals surface area contributed by atoms with Crippen molar-refractivity contribution >= 4 is 20.8 Å². The molecule has 2 aromatic carbocycles. The van der Waals surface area contributed by atoms with Crippen LogP contribution in [0.25, 0.3) is 4.91 Å². The van der Waals surface area contributed by atoms with E-state index in [9.17, 15) is 12.8 Å². The summed E-state index contributed by atoms with van der Waals surface area (Å²) < 4.78 is 45.6. The molecule has 0 unspecified atom stereocenters. The van der Waals surface area contributed by atoms with Gasteiger partial charge in [-0.2, -0.15) is 0 Å². The molecule has 0 spiro atoms. The van der Waals surface area contributed by atoms with Gasteiger partial charge >= 0.3 is 0 Å². The van der Waals surface area contributed by atoms with Crippen molar-refractivity contribution in [1.82, 2.24) is 4.72 Å². The summed E-state index contributed by atoms with van der Waals surface area (Å²) in [5.41, 5.74) is 1.83. The van der Waals surface area contributed by atoms with Crippen molar-refractivity contribution in [3.63, 3.8) is 0 Å². The Morgan fingerprint density at radius 1 is 1.16 bits per heavy atom. The number of benzene rings is 2. The van der Waals surface area contributed by atoms with E-state index in [1.807, 2.05) is 24.3 Å². The fourth-order valence-corrected chi connectivity index (χ4v) is 4.15. The molecular weight excluding hydrogens is 343 g/mol. The molecule has 0 bridgehead atoms. The zero-order valence-electron chi connectivity index (χ0n) is 13.8. The molecule has 3 rings (SSSR count). The monoisotopic (exact) mass is 360 g/mol. The van der Waals surface area contributed by atoms with Crippen molar-refractivity contribution in [2.45, 2.75) is 13.5 Å². The lowest BCUT2D eigenvalue weighted by Crippen LogP contribution is -2.23. The summed E-state index contributed by atoms with van der Waals surface area (Å²) in [6, 6.07) is 12.7. The number of ether oxygens (including phenoxy) is 1. The van der Waals surface area contributed by atoms with E-state index >= 15 is 0 Å². The number of amidine groups is 1. The highest BCUT2D eigenvalue weighted by atomic mass is 32.2. The molecule has 0 aromatic heterocycles. The van der Waals surface area contributed by atoms with Crippen LogP contribution in [-0.2, 0) is 16.6 Å². The smallest absolute Gasteiger partial charge is 0.264 e. The summed E-state index contributed by atoms with van der Waals surface area (Å²) >= 11 is 0. The lowest BCUT2D eigenvalue weighted by Gasteiger charge is -2.03. The molecule has 1 aliphatic rings. The lowest BCUT2D eigenvalue weighted by atomic mass is 10.1. The number of nitrogens with one attached hydrogen (secondary N) is 1. The minimum absolute atomic E-state index is 0.122. The van der Waals surface area contributed by atoms with Crippen molar-refractivity contribution in [1.29, 1.82) is 0 Å². The molecule has 5 nitrogen and oxygen atoms in total. The number of sulfonamides is 1. The highest BCUT2D eigenvalue weighted by Crippen LogP contribution is 2.30. The SMILES string of the molecule is COc1cccc(CN=C2NS(=O)(=O)C(c3ccc(F)cc3)=C2C)c1. The average molecular weight is 360 g/mol. The number of aliphatic imine (C=N–C) groups is 1. The Hall–Kier alpha value is -2.67. The Labute approximate surface area is 145 Å². The first-order valence-electron chi connectivity index (χ1n) is 7.58. The number of halogens is 1. The van der Waals surface area contributed by atoms with Crippen LogP contribution in [-0.4, -0.2) is 21.4 Å². The van der Waals surface area contributed by atoms with Gasteiger partial charge in [0.15, 0.2) is 0 Å². The van der Waals surface area contributed by atoms with Crippen LogP contribution in [0.15, 0.2) is 59.1 Å². The van der Waals surface area contributed by atoms with E-state index < -0.39 is 15.8 Å². The molecule has 0 atom stereocenters. The summed E-state index contributed by atoms with van der Waals surface area (Å²) in [5, 5.41) is 0. The first kappa shape index (κ1) is 17.2. The molecule has 0 fully saturated rings. The zero-order chi connectivity index (χ0) is 18.0. The van der Waals surface area contributed by atoms with Gasteiger partial charge in [-0.1, -0.05) is 24.3 Å². The van der Waals surface area contributed by atoms with Crippen LogP contribution in [0.1, 0.15) is 18.1 Å². The van der Waals surface area contributed by atoms with E-state index in [2.05, 4.69) is 9.71 Å².